The van der Waals surface area contributed by atoms with Crippen LogP contribution in [0.1, 0.15) is 31.4 Å². The van der Waals surface area contributed by atoms with E-state index in [1.54, 1.807) is 31.1 Å². The average molecular weight is 312 g/mol. The Morgan fingerprint density at radius 2 is 1.83 bits per heavy atom. The number of aliphatic hydroxyl groups is 1. The van der Waals surface area contributed by atoms with E-state index in [0.29, 0.717) is 25.9 Å². The molecule has 0 aliphatic carbocycles. The lowest BCUT2D eigenvalue weighted by Gasteiger charge is -2.29. The molecular weight excluding hydrogens is 288 g/mol. The zero-order valence-corrected chi connectivity index (χ0v) is 13.8. The third-order valence-electron chi connectivity index (χ3n) is 3.50. The van der Waals surface area contributed by atoms with Crippen LogP contribution in [0.25, 0.3) is 0 Å². The third-order valence-corrected chi connectivity index (χ3v) is 3.50. The number of hydrogen-bond acceptors (Lipinski definition) is 3. The number of hydrogen-bond donors (Lipinski definition) is 1. The highest BCUT2D eigenvalue weighted by atomic mass is 16.3. The van der Waals surface area contributed by atoms with Crippen LogP contribution in [0.15, 0.2) is 54.9 Å². The lowest BCUT2D eigenvalue weighted by atomic mass is 10.1. The molecule has 1 amide bonds. The Bertz CT molecular complexity index is 606. The largest absolute Gasteiger partial charge is 0.389 e. The van der Waals surface area contributed by atoms with Crippen molar-refractivity contribution in [3.8, 4) is 0 Å². The van der Waals surface area contributed by atoms with Gasteiger partial charge in [-0.25, -0.2) is 0 Å². The molecule has 0 bridgehead atoms. The maximum absolute atomic E-state index is 12.6. The quantitative estimate of drug-likeness (QED) is 0.855. The van der Waals surface area contributed by atoms with Crippen molar-refractivity contribution in [2.75, 3.05) is 6.54 Å². The smallest absolute Gasteiger partial charge is 0.223 e. The van der Waals surface area contributed by atoms with Crippen LogP contribution in [-0.2, 0) is 17.8 Å². The summed E-state index contributed by atoms with van der Waals surface area (Å²) in [5, 5.41) is 10.1. The molecule has 2 rings (SSSR count). The first kappa shape index (κ1) is 17.2. The van der Waals surface area contributed by atoms with Crippen LogP contribution in [-0.4, -0.2) is 33.0 Å². The topological polar surface area (TPSA) is 53.4 Å². The molecule has 0 aliphatic rings. The number of amides is 1. The van der Waals surface area contributed by atoms with Crippen molar-refractivity contribution < 1.29 is 9.90 Å². The zero-order valence-electron chi connectivity index (χ0n) is 13.8. The second-order valence-electron chi connectivity index (χ2n) is 6.41. The van der Waals surface area contributed by atoms with Crippen LogP contribution in [0.4, 0.5) is 0 Å². The molecule has 1 aromatic heterocycles. The van der Waals surface area contributed by atoms with Gasteiger partial charge in [-0.05, 0) is 37.5 Å². The number of rotatable bonds is 7. The Hall–Kier alpha value is -2.20. The molecule has 1 heterocycles. The summed E-state index contributed by atoms with van der Waals surface area (Å²) >= 11 is 0. The molecule has 1 N–H and O–H groups in total. The minimum atomic E-state index is -0.918. The van der Waals surface area contributed by atoms with E-state index in [0.717, 1.165) is 11.1 Å². The summed E-state index contributed by atoms with van der Waals surface area (Å²) in [5.74, 6) is 0.0415. The molecule has 0 unspecified atom stereocenters. The molecule has 0 saturated heterocycles. The van der Waals surface area contributed by atoms with E-state index < -0.39 is 5.60 Å². The predicted molar refractivity (Wildman–Crippen MR) is 90.7 cm³/mol. The SMILES string of the molecule is CC(C)(O)CN(Cc1ccccc1)C(=O)CCc1cccnc1. The van der Waals surface area contributed by atoms with E-state index in [-0.39, 0.29) is 5.91 Å². The van der Waals surface area contributed by atoms with Crippen molar-refractivity contribution in [1.29, 1.82) is 0 Å². The summed E-state index contributed by atoms with van der Waals surface area (Å²) in [4.78, 5) is 18.4. The Morgan fingerprint density at radius 1 is 1.13 bits per heavy atom. The molecule has 0 atom stereocenters. The van der Waals surface area contributed by atoms with Crippen molar-refractivity contribution in [1.82, 2.24) is 9.88 Å². The molecule has 0 aliphatic heterocycles. The fourth-order valence-electron chi connectivity index (χ4n) is 2.46. The highest BCUT2D eigenvalue weighted by Crippen LogP contribution is 2.13. The lowest BCUT2D eigenvalue weighted by molar-refractivity contribution is -0.134. The van der Waals surface area contributed by atoms with Gasteiger partial charge in [-0.15, -0.1) is 0 Å². The first-order valence-electron chi connectivity index (χ1n) is 7.87. The second kappa shape index (κ2) is 7.88. The first-order valence-corrected chi connectivity index (χ1v) is 7.87. The van der Waals surface area contributed by atoms with Gasteiger partial charge in [-0.3, -0.25) is 9.78 Å². The molecule has 4 nitrogen and oxygen atoms in total. The number of aromatic nitrogens is 1. The van der Waals surface area contributed by atoms with Gasteiger partial charge < -0.3 is 10.0 Å². The van der Waals surface area contributed by atoms with Gasteiger partial charge >= 0.3 is 0 Å². The van der Waals surface area contributed by atoms with Crippen molar-refractivity contribution >= 4 is 5.91 Å². The first-order chi connectivity index (χ1) is 10.9. The monoisotopic (exact) mass is 312 g/mol. The molecule has 0 radical (unpaired) electrons. The van der Waals surface area contributed by atoms with Gasteiger partial charge in [0.1, 0.15) is 0 Å². The number of benzene rings is 1. The van der Waals surface area contributed by atoms with E-state index in [1.165, 1.54) is 0 Å². The number of carbonyl (C=O) groups excluding carboxylic acids is 1. The highest BCUT2D eigenvalue weighted by molar-refractivity contribution is 5.76. The Labute approximate surface area is 137 Å². The summed E-state index contributed by atoms with van der Waals surface area (Å²) in [7, 11) is 0. The third kappa shape index (κ3) is 6.20. The molecular formula is C19H24N2O2. The molecule has 4 heteroatoms. The fourth-order valence-corrected chi connectivity index (χ4v) is 2.46. The number of pyridine rings is 1. The van der Waals surface area contributed by atoms with Gasteiger partial charge in [0.25, 0.3) is 0 Å². The maximum Gasteiger partial charge on any atom is 0.223 e. The number of aryl methyl sites for hydroxylation is 1. The maximum atomic E-state index is 12.6. The van der Waals surface area contributed by atoms with Gasteiger partial charge in [0, 0.05) is 31.9 Å². The summed E-state index contributed by atoms with van der Waals surface area (Å²) in [6.07, 6.45) is 4.57. The molecule has 0 fully saturated rings. The van der Waals surface area contributed by atoms with Crippen LogP contribution in [0, 0.1) is 0 Å². The number of carbonyl (C=O) groups is 1. The summed E-state index contributed by atoms with van der Waals surface area (Å²) in [6.45, 7) is 4.27. The summed E-state index contributed by atoms with van der Waals surface area (Å²) < 4.78 is 0. The van der Waals surface area contributed by atoms with E-state index >= 15 is 0 Å². The molecule has 2 aromatic rings. The molecule has 0 spiro atoms. The van der Waals surface area contributed by atoms with Crippen LogP contribution in [0.5, 0.6) is 0 Å². The normalized spacial score (nSPS) is 11.3. The lowest BCUT2D eigenvalue weighted by Crippen LogP contribution is -2.41. The minimum Gasteiger partial charge on any atom is -0.389 e. The van der Waals surface area contributed by atoms with Gasteiger partial charge in [0.2, 0.25) is 5.91 Å². The van der Waals surface area contributed by atoms with Crippen molar-refractivity contribution in [3.05, 3.63) is 66.0 Å². The Kier molecular flexibility index (Phi) is 5.88. The Balaban J connectivity index is 2.02. The summed E-state index contributed by atoms with van der Waals surface area (Å²) in [6, 6.07) is 13.7. The predicted octanol–water partition coefficient (Wildman–Crippen LogP) is 2.81. The standard InChI is InChI=1S/C19H24N2O2/c1-19(2,23)15-21(14-17-7-4-3-5-8-17)18(22)11-10-16-9-6-12-20-13-16/h3-9,12-13,23H,10-11,14-15H2,1-2H3. The van der Waals surface area contributed by atoms with E-state index in [4.69, 9.17) is 0 Å². The van der Waals surface area contributed by atoms with Crippen molar-refractivity contribution in [2.45, 2.75) is 38.8 Å². The Morgan fingerprint density at radius 3 is 2.43 bits per heavy atom. The highest BCUT2D eigenvalue weighted by Gasteiger charge is 2.22. The van der Waals surface area contributed by atoms with E-state index in [9.17, 15) is 9.90 Å². The van der Waals surface area contributed by atoms with Crippen LogP contribution >= 0.6 is 0 Å². The zero-order chi connectivity index (χ0) is 16.7. The van der Waals surface area contributed by atoms with Crippen LogP contribution < -0.4 is 0 Å². The molecule has 1 aromatic carbocycles. The van der Waals surface area contributed by atoms with Gasteiger partial charge in [-0.1, -0.05) is 36.4 Å². The van der Waals surface area contributed by atoms with Crippen LogP contribution in [0.3, 0.4) is 0 Å². The van der Waals surface area contributed by atoms with Gasteiger partial charge in [-0.2, -0.15) is 0 Å². The summed E-state index contributed by atoms with van der Waals surface area (Å²) in [5.41, 5.74) is 1.19. The average Bonchev–Trinajstić information content (AvgIpc) is 2.53. The van der Waals surface area contributed by atoms with Gasteiger partial charge in [0.15, 0.2) is 0 Å². The van der Waals surface area contributed by atoms with Crippen molar-refractivity contribution in [3.63, 3.8) is 0 Å². The minimum absolute atomic E-state index is 0.0415. The fraction of sp³-hybridized carbons (Fsp3) is 0.368. The van der Waals surface area contributed by atoms with E-state index in [1.807, 2.05) is 42.5 Å². The molecule has 122 valence electrons. The molecule has 23 heavy (non-hydrogen) atoms. The van der Waals surface area contributed by atoms with E-state index in [2.05, 4.69) is 4.98 Å². The van der Waals surface area contributed by atoms with Crippen molar-refractivity contribution in [2.24, 2.45) is 0 Å². The van der Waals surface area contributed by atoms with Gasteiger partial charge in [0.05, 0.1) is 5.60 Å². The second-order valence-corrected chi connectivity index (χ2v) is 6.41. The molecule has 0 saturated carbocycles. The van der Waals surface area contributed by atoms with Crippen LogP contribution in [0.2, 0.25) is 0 Å². The number of nitrogens with zero attached hydrogens (tertiary/aromatic N) is 2.